The van der Waals surface area contributed by atoms with Crippen LogP contribution in [0, 0.1) is 11.2 Å². The van der Waals surface area contributed by atoms with E-state index < -0.39 is 0 Å². The number of amides is 1. The van der Waals surface area contributed by atoms with Gasteiger partial charge in [0.2, 0.25) is 5.91 Å². The van der Waals surface area contributed by atoms with Crippen LogP contribution in [-0.4, -0.2) is 23.9 Å². The second-order valence-corrected chi connectivity index (χ2v) is 7.79. The zero-order valence-corrected chi connectivity index (χ0v) is 15.4. The first kappa shape index (κ1) is 17.5. The van der Waals surface area contributed by atoms with Crippen molar-refractivity contribution in [1.29, 1.82) is 0 Å². The Labute approximate surface area is 158 Å². The van der Waals surface area contributed by atoms with Crippen LogP contribution in [0.3, 0.4) is 0 Å². The maximum absolute atomic E-state index is 14.1. The summed E-state index contributed by atoms with van der Waals surface area (Å²) in [5, 5.41) is 3.57. The number of carbonyl (C=O) groups is 1. The number of likely N-dealkylation sites (tertiary alicyclic amines) is 1. The van der Waals surface area contributed by atoms with E-state index in [1.807, 2.05) is 12.1 Å². The molecule has 3 nitrogen and oxygen atoms in total. The molecular formula is C21H22ClFN2O. The van der Waals surface area contributed by atoms with E-state index in [1.165, 1.54) is 17.2 Å². The van der Waals surface area contributed by atoms with Crippen molar-refractivity contribution in [1.82, 2.24) is 10.2 Å². The Morgan fingerprint density at radius 1 is 1.08 bits per heavy atom. The Balaban J connectivity index is 1.49. The highest BCUT2D eigenvalue weighted by molar-refractivity contribution is 6.31. The monoisotopic (exact) mass is 372 g/mol. The van der Waals surface area contributed by atoms with E-state index in [-0.39, 0.29) is 17.1 Å². The van der Waals surface area contributed by atoms with Crippen LogP contribution in [0.15, 0.2) is 42.5 Å². The van der Waals surface area contributed by atoms with Crippen molar-refractivity contribution >= 4 is 17.5 Å². The summed E-state index contributed by atoms with van der Waals surface area (Å²) in [4.78, 5) is 15.0. The number of hydrogen-bond donors (Lipinski definition) is 1. The van der Waals surface area contributed by atoms with Crippen LogP contribution in [-0.2, 0) is 24.3 Å². The van der Waals surface area contributed by atoms with Gasteiger partial charge in [-0.05, 0) is 55.6 Å². The molecule has 5 heteroatoms. The van der Waals surface area contributed by atoms with Crippen LogP contribution in [0.4, 0.5) is 4.39 Å². The van der Waals surface area contributed by atoms with Gasteiger partial charge >= 0.3 is 0 Å². The first-order valence-electron chi connectivity index (χ1n) is 9.08. The van der Waals surface area contributed by atoms with Gasteiger partial charge in [-0.25, -0.2) is 4.39 Å². The number of piperidine rings is 1. The molecule has 26 heavy (non-hydrogen) atoms. The fourth-order valence-electron chi connectivity index (χ4n) is 4.16. The average molecular weight is 373 g/mol. The molecule has 0 atom stereocenters. The lowest BCUT2D eigenvalue weighted by Gasteiger charge is -2.40. The molecule has 2 aliphatic rings. The molecule has 1 fully saturated rings. The minimum Gasteiger partial charge on any atom is -0.352 e. The molecule has 1 saturated heterocycles. The van der Waals surface area contributed by atoms with Crippen LogP contribution in [0.1, 0.15) is 29.5 Å². The van der Waals surface area contributed by atoms with Gasteiger partial charge in [0.1, 0.15) is 5.82 Å². The summed E-state index contributed by atoms with van der Waals surface area (Å²) in [5.74, 6) is -0.115. The van der Waals surface area contributed by atoms with E-state index in [0.717, 1.165) is 32.4 Å². The van der Waals surface area contributed by atoms with Gasteiger partial charge in [0.25, 0.3) is 0 Å². The van der Waals surface area contributed by atoms with Crippen molar-refractivity contribution in [2.75, 3.05) is 13.1 Å². The lowest BCUT2D eigenvalue weighted by Crippen LogP contribution is -2.48. The second-order valence-electron chi connectivity index (χ2n) is 7.38. The van der Waals surface area contributed by atoms with Crippen molar-refractivity contribution in [2.24, 2.45) is 5.41 Å². The normalized spacial score (nSPS) is 19.7. The molecule has 2 aromatic carbocycles. The zero-order valence-electron chi connectivity index (χ0n) is 14.6. The Bertz CT molecular complexity index is 810. The zero-order chi connectivity index (χ0) is 18.1. The molecule has 2 aliphatic heterocycles. The number of rotatable bonds is 2. The predicted octanol–water partition coefficient (Wildman–Crippen LogP) is 3.93. The molecule has 4 rings (SSSR count). The molecule has 0 saturated carbocycles. The molecule has 0 unspecified atom stereocenters. The van der Waals surface area contributed by atoms with Crippen molar-refractivity contribution in [2.45, 2.75) is 32.4 Å². The molecule has 1 spiro atoms. The first-order valence-corrected chi connectivity index (χ1v) is 9.45. The van der Waals surface area contributed by atoms with Gasteiger partial charge < -0.3 is 5.32 Å². The Morgan fingerprint density at radius 3 is 2.54 bits per heavy atom. The first-order chi connectivity index (χ1) is 12.6. The van der Waals surface area contributed by atoms with Crippen LogP contribution >= 0.6 is 11.6 Å². The number of halogens is 2. The Kier molecular flexibility index (Phi) is 4.72. The standard InChI is InChI=1S/C21H22ClFN2O/c22-18-6-3-7-19(23)17(18)14-25-10-8-21(9-11-25)12-15-4-1-2-5-16(15)13-24-20(21)26/h1-7H,8-14H2,(H,24,26). The highest BCUT2D eigenvalue weighted by Crippen LogP contribution is 2.38. The van der Waals surface area contributed by atoms with Crippen LogP contribution < -0.4 is 5.32 Å². The largest absolute Gasteiger partial charge is 0.352 e. The summed E-state index contributed by atoms with van der Waals surface area (Å²) in [7, 11) is 0. The number of fused-ring (bicyclic) bond motifs is 1. The maximum atomic E-state index is 14.1. The van der Waals surface area contributed by atoms with Crippen molar-refractivity contribution < 1.29 is 9.18 Å². The molecule has 1 amide bonds. The molecular weight excluding hydrogens is 351 g/mol. The number of benzene rings is 2. The predicted molar refractivity (Wildman–Crippen MR) is 100 cm³/mol. The van der Waals surface area contributed by atoms with Gasteiger partial charge in [-0.3, -0.25) is 9.69 Å². The summed E-state index contributed by atoms with van der Waals surface area (Å²) >= 11 is 6.16. The van der Waals surface area contributed by atoms with Gasteiger partial charge in [-0.1, -0.05) is 41.9 Å². The van der Waals surface area contributed by atoms with E-state index in [2.05, 4.69) is 22.3 Å². The van der Waals surface area contributed by atoms with Gasteiger partial charge in [-0.15, -0.1) is 0 Å². The number of hydrogen-bond acceptors (Lipinski definition) is 2. The van der Waals surface area contributed by atoms with Gasteiger partial charge in [-0.2, -0.15) is 0 Å². The van der Waals surface area contributed by atoms with E-state index in [4.69, 9.17) is 11.6 Å². The third-order valence-corrected chi connectivity index (χ3v) is 6.18. The van der Waals surface area contributed by atoms with Gasteiger partial charge in [0.15, 0.2) is 0 Å². The van der Waals surface area contributed by atoms with E-state index in [1.54, 1.807) is 12.1 Å². The molecule has 2 heterocycles. The minimum atomic E-state index is -0.359. The van der Waals surface area contributed by atoms with Gasteiger partial charge in [0.05, 0.1) is 5.41 Å². The van der Waals surface area contributed by atoms with Crippen LogP contribution in [0.5, 0.6) is 0 Å². The molecule has 0 bridgehead atoms. The number of nitrogens with one attached hydrogen (secondary N) is 1. The van der Waals surface area contributed by atoms with Crippen LogP contribution in [0.25, 0.3) is 0 Å². The van der Waals surface area contributed by atoms with E-state index >= 15 is 0 Å². The highest BCUT2D eigenvalue weighted by atomic mass is 35.5. The number of carbonyl (C=O) groups excluding carboxylic acids is 1. The fraction of sp³-hybridized carbons (Fsp3) is 0.381. The maximum Gasteiger partial charge on any atom is 0.226 e. The second kappa shape index (κ2) is 7.01. The van der Waals surface area contributed by atoms with Crippen molar-refractivity contribution in [3.05, 3.63) is 70.0 Å². The summed E-state index contributed by atoms with van der Waals surface area (Å²) in [6.45, 7) is 2.62. The quantitative estimate of drug-likeness (QED) is 0.866. The smallest absolute Gasteiger partial charge is 0.226 e. The summed E-state index contributed by atoms with van der Waals surface area (Å²) in [6, 6.07) is 13.1. The minimum absolute atomic E-state index is 0.150. The fourth-order valence-corrected chi connectivity index (χ4v) is 4.38. The molecule has 0 aromatic heterocycles. The molecule has 136 valence electrons. The third-order valence-electron chi connectivity index (χ3n) is 5.82. The molecule has 0 radical (unpaired) electrons. The highest BCUT2D eigenvalue weighted by Gasteiger charge is 2.42. The Hall–Kier alpha value is -1.91. The number of nitrogens with zero attached hydrogens (tertiary/aromatic N) is 1. The summed E-state index contributed by atoms with van der Waals surface area (Å²) in [6.07, 6.45) is 2.34. The lowest BCUT2D eigenvalue weighted by molar-refractivity contribution is -0.133. The average Bonchev–Trinajstić information content (AvgIpc) is 2.78. The van der Waals surface area contributed by atoms with Gasteiger partial charge in [0, 0.05) is 23.7 Å². The van der Waals surface area contributed by atoms with E-state index in [0.29, 0.717) is 23.7 Å². The SMILES string of the molecule is O=C1NCc2ccccc2CC12CCN(Cc1c(F)cccc1Cl)CC2. The van der Waals surface area contributed by atoms with E-state index in [9.17, 15) is 9.18 Å². The lowest BCUT2D eigenvalue weighted by atomic mass is 9.73. The van der Waals surface area contributed by atoms with Crippen molar-refractivity contribution in [3.63, 3.8) is 0 Å². The Morgan fingerprint density at radius 2 is 1.81 bits per heavy atom. The molecule has 0 aliphatic carbocycles. The molecule has 1 N–H and O–H groups in total. The molecule has 2 aromatic rings. The van der Waals surface area contributed by atoms with Crippen molar-refractivity contribution in [3.8, 4) is 0 Å². The third kappa shape index (κ3) is 3.24. The topological polar surface area (TPSA) is 32.3 Å². The summed E-state index contributed by atoms with van der Waals surface area (Å²) < 4.78 is 14.1. The van der Waals surface area contributed by atoms with Crippen LogP contribution in [0.2, 0.25) is 5.02 Å². The summed E-state index contributed by atoms with van der Waals surface area (Å²) in [5.41, 5.74) is 2.65.